The number of hydrogen-bond acceptors (Lipinski definition) is 5. The predicted molar refractivity (Wildman–Crippen MR) is 109 cm³/mol. The Balaban J connectivity index is 1.78. The lowest BCUT2D eigenvalue weighted by atomic mass is 10.0. The summed E-state index contributed by atoms with van der Waals surface area (Å²) in [7, 11) is 0. The third-order valence-electron chi connectivity index (χ3n) is 4.95. The molecule has 0 bridgehead atoms. The highest BCUT2D eigenvalue weighted by Crippen LogP contribution is 2.35. The summed E-state index contributed by atoms with van der Waals surface area (Å²) in [5.41, 5.74) is 1.84. The number of benzene rings is 2. The largest absolute Gasteiger partial charge is 0.378 e. The van der Waals surface area contributed by atoms with Crippen LogP contribution in [0.5, 0.6) is 0 Å². The molecule has 2 heterocycles. The van der Waals surface area contributed by atoms with Crippen LogP contribution in [0.25, 0.3) is 5.57 Å². The van der Waals surface area contributed by atoms with Gasteiger partial charge in [-0.1, -0.05) is 18.2 Å². The van der Waals surface area contributed by atoms with Crippen molar-refractivity contribution in [3.05, 3.63) is 65.6 Å². The standard InChI is InChI=1S/C22H20FN3O4/c1-14(27)24-17-7-5-15(6-8-17)19-20(25-9-11-30-12-10-25)22(29)26(21(19)28)18-4-2-3-16(23)13-18/h2-8,13H,9-12H2,1H3,(H,24,27). The Bertz CT molecular complexity index is 1040. The van der Waals surface area contributed by atoms with Gasteiger partial charge in [-0.15, -0.1) is 0 Å². The summed E-state index contributed by atoms with van der Waals surface area (Å²) < 4.78 is 19.1. The van der Waals surface area contributed by atoms with E-state index in [1.54, 1.807) is 24.3 Å². The van der Waals surface area contributed by atoms with E-state index in [0.717, 1.165) is 11.0 Å². The van der Waals surface area contributed by atoms with Crippen LogP contribution < -0.4 is 10.2 Å². The molecule has 4 rings (SSSR count). The number of ether oxygens (including phenoxy) is 1. The van der Waals surface area contributed by atoms with Crippen molar-refractivity contribution in [3.63, 3.8) is 0 Å². The van der Waals surface area contributed by atoms with Gasteiger partial charge >= 0.3 is 0 Å². The number of halogens is 1. The smallest absolute Gasteiger partial charge is 0.282 e. The fourth-order valence-electron chi connectivity index (χ4n) is 3.63. The van der Waals surface area contributed by atoms with Gasteiger partial charge in [0, 0.05) is 25.7 Å². The van der Waals surface area contributed by atoms with E-state index in [1.165, 1.54) is 25.1 Å². The molecule has 0 aliphatic carbocycles. The first-order chi connectivity index (χ1) is 14.5. The molecule has 30 heavy (non-hydrogen) atoms. The van der Waals surface area contributed by atoms with Gasteiger partial charge in [0.25, 0.3) is 11.8 Å². The van der Waals surface area contributed by atoms with E-state index in [1.807, 2.05) is 4.90 Å². The molecular formula is C22H20FN3O4. The number of carbonyl (C=O) groups excluding carboxylic acids is 3. The molecule has 8 heteroatoms. The number of imide groups is 1. The predicted octanol–water partition coefficient (Wildman–Crippen LogP) is 2.40. The molecule has 1 N–H and O–H groups in total. The Morgan fingerprint density at radius 1 is 1.03 bits per heavy atom. The van der Waals surface area contributed by atoms with Crippen molar-refractivity contribution in [1.29, 1.82) is 0 Å². The lowest BCUT2D eigenvalue weighted by molar-refractivity contribution is -0.121. The Morgan fingerprint density at radius 2 is 1.73 bits per heavy atom. The molecule has 3 amide bonds. The second-order valence-corrected chi connectivity index (χ2v) is 7.01. The first-order valence-corrected chi connectivity index (χ1v) is 9.55. The van der Waals surface area contributed by atoms with Gasteiger partial charge in [-0.05, 0) is 35.9 Å². The van der Waals surface area contributed by atoms with Gasteiger partial charge in [0.15, 0.2) is 0 Å². The Hall–Kier alpha value is -3.52. The van der Waals surface area contributed by atoms with Crippen molar-refractivity contribution in [2.45, 2.75) is 6.92 Å². The van der Waals surface area contributed by atoms with Gasteiger partial charge in [0.05, 0.1) is 24.5 Å². The zero-order chi connectivity index (χ0) is 21.3. The van der Waals surface area contributed by atoms with Crippen LogP contribution in [0.1, 0.15) is 12.5 Å². The molecule has 0 unspecified atom stereocenters. The fourth-order valence-corrected chi connectivity index (χ4v) is 3.63. The SMILES string of the molecule is CC(=O)Nc1ccc(C2=C(N3CCOCC3)C(=O)N(c3cccc(F)c3)C2=O)cc1. The van der Waals surface area contributed by atoms with Crippen LogP contribution in [-0.2, 0) is 19.1 Å². The number of nitrogens with zero attached hydrogens (tertiary/aromatic N) is 2. The highest BCUT2D eigenvalue weighted by molar-refractivity contribution is 6.45. The molecule has 2 aliphatic heterocycles. The fraction of sp³-hybridized carbons (Fsp3) is 0.227. The van der Waals surface area contributed by atoms with E-state index < -0.39 is 17.6 Å². The molecule has 0 spiro atoms. The summed E-state index contributed by atoms with van der Waals surface area (Å²) >= 11 is 0. The van der Waals surface area contributed by atoms with Crippen molar-refractivity contribution in [3.8, 4) is 0 Å². The van der Waals surface area contributed by atoms with E-state index in [0.29, 0.717) is 37.6 Å². The molecule has 7 nitrogen and oxygen atoms in total. The Labute approximate surface area is 172 Å². The summed E-state index contributed by atoms with van der Waals surface area (Å²) in [5.74, 6) is -1.75. The normalized spacial score (nSPS) is 17.0. The summed E-state index contributed by atoms with van der Waals surface area (Å²) in [5, 5.41) is 2.67. The minimum atomic E-state index is -0.533. The van der Waals surface area contributed by atoms with Crippen molar-refractivity contribution < 1.29 is 23.5 Å². The van der Waals surface area contributed by atoms with E-state index >= 15 is 0 Å². The lowest BCUT2D eigenvalue weighted by Crippen LogP contribution is -2.40. The second kappa shape index (κ2) is 8.08. The zero-order valence-electron chi connectivity index (χ0n) is 16.4. The van der Waals surface area contributed by atoms with Crippen LogP contribution >= 0.6 is 0 Å². The van der Waals surface area contributed by atoms with E-state index in [4.69, 9.17) is 4.74 Å². The highest BCUT2D eigenvalue weighted by Gasteiger charge is 2.42. The summed E-state index contributed by atoms with van der Waals surface area (Å²) in [4.78, 5) is 40.7. The monoisotopic (exact) mass is 409 g/mol. The number of amides is 3. The van der Waals surface area contributed by atoms with E-state index in [-0.39, 0.29) is 22.9 Å². The van der Waals surface area contributed by atoms with Crippen LogP contribution in [0.4, 0.5) is 15.8 Å². The van der Waals surface area contributed by atoms with E-state index in [2.05, 4.69) is 5.32 Å². The quantitative estimate of drug-likeness (QED) is 0.785. The molecule has 1 fully saturated rings. The number of hydrogen-bond donors (Lipinski definition) is 1. The minimum absolute atomic E-state index is 0.181. The third-order valence-corrected chi connectivity index (χ3v) is 4.95. The van der Waals surface area contributed by atoms with Crippen LogP contribution in [0.3, 0.4) is 0 Å². The maximum atomic E-state index is 13.8. The highest BCUT2D eigenvalue weighted by atomic mass is 19.1. The molecule has 2 aliphatic rings. The molecule has 0 saturated carbocycles. The van der Waals surface area contributed by atoms with Crippen LogP contribution in [0.15, 0.2) is 54.2 Å². The third kappa shape index (κ3) is 3.69. The number of carbonyl (C=O) groups is 3. The molecule has 1 saturated heterocycles. The summed E-state index contributed by atoms with van der Waals surface area (Å²) in [6.07, 6.45) is 0. The van der Waals surface area contributed by atoms with Gasteiger partial charge in [0.1, 0.15) is 11.5 Å². The first-order valence-electron chi connectivity index (χ1n) is 9.55. The summed E-state index contributed by atoms with van der Waals surface area (Å²) in [6.45, 7) is 3.24. The molecule has 0 aromatic heterocycles. The van der Waals surface area contributed by atoms with Crippen molar-refractivity contribution in [2.24, 2.45) is 0 Å². The van der Waals surface area contributed by atoms with Gasteiger partial charge in [-0.2, -0.15) is 0 Å². The minimum Gasteiger partial charge on any atom is -0.378 e. The van der Waals surface area contributed by atoms with Gasteiger partial charge in [-0.25, -0.2) is 9.29 Å². The van der Waals surface area contributed by atoms with E-state index in [9.17, 15) is 18.8 Å². The summed E-state index contributed by atoms with van der Waals surface area (Å²) in [6, 6.07) is 12.1. The number of anilines is 2. The maximum Gasteiger partial charge on any atom is 0.282 e. The Kier molecular flexibility index (Phi) is 5.33. The van der Waals surface area contributed by atoms with Crippen LogP contribution in [-0.4, -0.2) is 48.9 Å². The number of rotatable bonds is 4. The molecule has 2 aromatic carbocycles. The zero-order valence-corrected chi connectivity index (χ0v) is 16.4. The van der Waals surface area contributed by atoms with Gasteiger partial charge in [0.2, 0.25) is 5.91 Å². The van der Waals surface area contributed by atoms with Crippen LogP contribution in [0.2, 0.25) is 0 Å². The van der Waals surface area contributed by atoms with Crippen molar-refractivity contribution in [1.82, 2.24) is 4.90 Å². The average Bonchev–Trinajstić information content (AvgIpc) is 2.99. The molecular weight excluding hydrogens is 389 g/mol. The van der Waals surface area contributed by atoms with Gasteiger partial charge in [-0.3, -0.25) is 14.4 Å². The maximum absolute atomic E-state index is 13.8. The van der Waals surface area contributed by atoms with Gasteiger partial charge < -0.3 is 15.0 Å². The lowest BCUT2D eigenvalue weighted by Gasteiger charge is -2.29. The number of morpholine rings is 1. The molecule has 0 radical (unpaired) electrons. The Morgan fingerprint density at radius 3 is 2.37 bits per heavy atom. The molecule has 0 atom stereocenters. The topological polar surface area (TPSA) is 79.0 Å². The van der Waals surface area contributed by atoms with Crippen LogP contribution in [0, 0.1) is 5.82 Å². The molecule has 154 valence electrons. The van der Waals surface area contributed by atoms with Crippen molar-refractivity contribution >= 4 is 34.7 Å². The second-order valence-electron chi connectivity index (χ2n) is 7.01. The first kappa shape index (κ1) is 19.8. The van der Waals surface area contributed by atoms with Crippen molar-refractivity contribution in [2.75, 3.05) is 36.5 Å². The average molecular weight is 409 g/mol. The number of nitrogens with one attached hydrogen (secondary N) is 1. The molecule has 2 aromatic rings.